The molecule has 1 aromatic carbocycles. The fraction of sp³-hybridized carbons (Fsp3) is 0.421. The number of methoxy groups -OCH3 is 1. The van der Waals surface area contributed by atoms with Crippen molar-refractivity contribution in [1.82, 2.24) is 5.32 Å². The summed E-state index contributed by atoms with van der Waals surface area (Å²) in [5.41, 5.74) is 8.10. The maximum Gasteiger partial charge on any atom is 0.223 e. The van der Waals surface area contributed by atoms with Crippen LogP contribution in [0.15, 0.2) is 35.7 Å². The van der Waals surface area contributed by atoms with Gasteiger partial charge in [-0.15, -0.1) is 23.7 Å². The Hall–Kier alpha value is -1.56. The first-order chi connectivity index (χ1) is 11.7. The second-order valence-corrected chi connectivity index (χ2v) is 7.28. The van der Waals surface area contributed by atoms with Gasteiger partial charge in [-0.3, -0.25) is 4.79 Å². The zero-order chi connectivity index (χ0) is 16.9. The van der Waals surface area contributed by atoms with Crippen molar-refractivity contribution in [2.75, 3.05) is 13.7 Å². The summed E-state index contributed by atoms with van der Waals surface area (Å²) in [5, 5.41) is 5.21. The zero-order valence-electron chi connectivity index (χ0n) is 14.4. The number of carbonyl (C=O) groups excluding carboxylic acids is 1. The van der Waals surface area contributed by atoms with Crippen LogP contribution in [0.4, 0.5) is 0 Å². The van der Waals surface area contributed by atoms with E-state index in [0.717, 1.165) is 35.5 Å². The van der Waals surface area contributed by atoms with E-state index in [-0.39, 0.29) is 24.2 Å². The summed E-state index contributed by atoms with van der Waals surface area (Å²) < 4.78 is 5.19. The molecule has 1 fully saturated rings. The number of thiophene rings is 1. The molecule has 0 bridgehead atoms. The first-order valence-corrected chi connectivity index (χ1v) is 9.29. The number of nitrogens with one attached hydrogen (secondary N) is 1. The first-order valence-electron chi connectivity index (χ1n) is 8.41. The SMILES string of the molecule is COc1ccc(-c2csc(CNC(=O)[C@@H]3CCC[C@@H]3CN)c2)cc1.Cl. The summed E-state index contributed by atoms with van der Waals surface area (Å²) in [6.07, 6.45) is 3.16. The van der Waals surface area contributed by atoms with Gasteiger partial charge in [0.15, 0.2) is 0 Å². The van der Waals surface area contributed by atoms with Gasteiger partial charge < -0.3 is 15.8 Å². The molecule has 1 aliphatic rings. The lowest BCUT2D eigenvalue weighted by atomic mass is 9.95. The number of nitrogens with two attached hydrogens (primary N) is 1. The molecule has 1 aromatic heterocycles. The molecule has 1 aliphatic carbocycles. The van der Waals surface area contributed by atoms with Gasteiger partial charge in [0.05, 0.1) is 13.7 Å². The molecular weight excluding hydrogens is 356 g/mol. The van der Waals surface area contributed by atoms with E-state index in [1.54, 1.807) is 18.4 Å². The second-order valence-electron chi connectivity index (χ2n) is 6.28. The first kappa shape index (κ1) is 19.8. The van der Waals surface area contributed by atoms with E-state index in [4.69, 9.17) is 10.5 Å². The molecular formula is C19H25ClN2O2S. The van der Waals surface area contributed by atoms with E-state index >= 15 is 0 Å². The average Bonchev–Trinajstić information content (AvgIpc) is 3.29. The van der Waals surface area contributed by atoms with E-state index in [0.29, 0.717) is 19.0 Å². The van der Waals surface area contributed by atoms with Crippen LogP contribution in [-0.4, -0.2) is 19.6 Å². The molecule has 0 aliphatic heterocycles. The Kier molecular flexibility index (Phi) is 7.29. The van der Waals surface area contributed by atoms with Crippen molar-refractivity contribution in [3.8, 4) is 16.9 Å². The van der Waals surface area contributed by atoms with Crippen molar-refractivity contribution in [2.45, 2.75) is 25.8 Å². The van der Waals surface area contributed by atoms with Crippen LogP contribution in [0.2, 0.25) is 0 Å². The van der Waals surface area contributed by atoms with Crippen LogP contribution in [0, 0.1) is 11.8 Å². The van der Waals surface area contributed by atoms with Gasteiger partial charge in [-0.1, -0.05) is 18.6 Å². The van der Waals surface area contributed by atoms with Crippen molar-refractivity contribution in [2.24, 2.45) is 17.6 Å². The predicted octanol–water partition coefficient (Wildman–Crippen LogP) is 3.84. The van der Waals surface area contributed by atoms with E-state index < -0.39 is 0 Å². The summed E-state index contributed by atoms with van der Waals surface area (Å²) >= 11 is 1.67. The van der Waals surface area contributed by atoms with Crippen molar-refractivity contribution in [1.29, 1.82) is 0 Å². The van der Waals surface area contributed by atoms with Crippen LogP contribution in [-0.2, 0) is 11.3 Å². The molecule has 1 heterocycles. The molecule has 3 N–H and O–H groups in total. The lowest BCUT2D eigenvalue weighted by Crippen LogP contribution is -2.34. The van der Waals surface area contributed by atoms with E-state index in [2.05, 4.69) is 16.8 Å². The number of benzene rings is 1. The van der Waals surface area contributed by atoms with Crippen molar-refractivity contribution in [3.63, 3.8) is 0 Å². The summed E-state index contributed by atoms with van der Waals surface area (Å²) in [4.78, 5) is 13.5. The summed E-state index contributed by atoms with van der Waals surface area (Å²) in [5.74, 6) is 1.45. The quantitative estimate of drug-likeness (QED) is 0.800. The van der Waals surface area contributed by atoms with Gasteiger partial charge in [-0.25, -0.2) is 0 Å². The van der Waals surface area contributed by atoms with Gasteiger partial charge in [-0.05, 0) is 60.0 Å². The predicted molar refractivity (Wildman–Crippen MR) is 105 cm³/mol. The third-order valence-corrected chi connectivity index (χ3v) is 5.75. The van der Waals surface area contributed by atoms with E-state index in [1.165, 1.54) is 5.56 Å². The number of hydrogen-bond acceptors (Lipinski definition) is 4. The van der Waals surface area contributed by atoms with Crippen LogP contribution in [0.5, 0.6) is 5.75 Å². The molecule has 25 heavy (non-hydrogen) atoms. The number of hydrogen-bond donors (Lipinski definition) is 2. The monoisotopic (exact) mass is 380 g/mol. The number of halogens is 1. The lowest BCUT2D eigenvalue weighted by molar-refractivity contribution is -0.126. The van der Waals surface area contributed by atoms with Crippen molar-refractivity contribution < 1.29 is 9.53 Å². The van der Waals surface area contributed by atoms with Gasteiger partial charge >= 0.3 is 0 Å². The molecule has 136 valence electrons. The van der Waals surface area contributed by atoms with Crippen LogP contribution in [0.1, 0.15) is 24.1 Å². The Morgan fingerprint density at radius 2 is 2.04 bits per heavy atom. The highest BCUT2D eigenvalue weighted by Gasteiger charge is 2.31. The molecule has 4 nitrogen and oxygen atoms in total. The Morgan fingerprint density at radius 1 is 1.28 bits per heavy atom. The molecule has 0 saturated heterocycles. The summed E-state index contributed by atoms with van der Waals surface area (Å²) in [6, 6.07) is 10.2. The van der Waals surface area contributed by atoms with Crippen molar-refractivity contribution >= 4 is 29.7 Å². The van der Waals surface area contributed by atoms with E-state index in [1.807, 2.05) is 24.3 Å². The maximum atomic E-state index is 12.4. The molecule has 1 saturated carbocycles. The molecule has 0 unspecified atom stereocenters. The maximum absolute atomic E-state index is 12.4. The highest BCUT2D eigenvalue weighted by Crippen LogP contribution is 2.31. The topological polar surface area (TPSA) is 64.3 Å². The molecule has 0 radical (unpaired) electrons. The van der Waals surface area contributed by atoms with Gasteiger partial charge in [0.2, 0.25) is 5.91 Å². The lowest BCUT2D eigenvalue weighted by Gasteiger charge is -2.16. The van der Waals surface area contributed by atoms with Gasteiger partial charge in [-0.2, -0.15) is 0 Å². The molecule has 0 spiro atoms. The minimum atomic E-state index is 0. The van der Waals surface area contributed by atoms with Crippen LogP contribution >= 0.6 is 23.7 Å². The largest absolute Gasteiger partial charge is 0.497 e. The Balaban J connectivity index is 0.00000225. The third-order valence-electron chi connectivity index (χ3n) is 4.81. The number of carbonyl (C=O) groups is 1. The van der Waals surface area contributed by atoms with Gasteiger partial charge in [0, 0.05) is 10.8 Å². The smallest absolute Gasteiger partial charge is 0.223 e. The minimum Gasteiger partial charge on any atom is -0.497 e. The highest BCUT2D eigenvalue weighted by molar-refractivity contribution is 7.10. The molecule has 3 rings (SSSR count). The second kappa shape index (κ2) is 9.22. The van der Waals surface area contributed by atoms with E-state index in [9.17, 15) is 4.79 Å². The van der Waals surface area contributed by atoms with Gasteiger partial charge in [0.1, 0.15) is 5.75 Å². The fourth-order valence-electron chi connectivity index (χ4n) is 3.38. The molecule has 6 heteroatoms. The molecule has 2 aromatic rings. The Bertz CT molecular complexity index is 687. The Morgan fingerprint density at radius 3 is 2.72 bits per heavy atom. The third kappa shape index (κ3) is 4.75. The number of ether oxygens (including phenoxy) is 1. The van der Waals surface area contributed by atoms with Gasteiger partial charge in [0.25, 0.3) is 0 Å². The van der Waals surface area contributed by atoms with Crippen LogP contribution < -0.4 is 15.8 Å². The highest BCUT2D eigenvalue weighted by atomic mass is 35.5. The zero-order valence-corrected chi connectivity index (χ0v) is 16.0. The minimum absolute atomic E-state index is 0. The van der Waals surface area contributed by atoms with Crippen LogP contribution in [0.25, 0.3) is 11.1 Å². The number of rotatable bonds is 6. The van der Waals surface area contributed by atoms with Crippen LogP contribution in [0.3, 0.4) is 0 Å². The van der Waals surface area contributed by atoms with Crippen molar-refractivity contribution in [3.05, 3.63) is 40.6 Å². The average molecular weight is 381 g/mol. The fourth-order valence-corrected chi connectivity index (χ4v) is 4.21. The number of amides is 1. The molecule has 2 atom stereocenters. The summed E-state index contributed by atoms with van der Waals surface area (Å²) in [6.45, 7) is 1.20. The normalized spacial score (nSPS) is 19.3. The summed E-state index contributed by atoms with van der Waals surface area (Å²) in [7, 11) is 1.67. The Labute approximate surface area is 159 Å². The standard InChI is InChI=1S/C19H24N2O2S.ClH/c1-23-16-7-5-13(6-8-16)15-9-17(24-12-15)11-21-19(22)18-4-2-3-14(18)10-20;/h5-9,12,14,18H,2-4,10-11,20H2,1H3,(H,21,22);1H/t14-,18-;/m1./s1. The molecule has 1 amide bonds.